The average Bonchev–Trinajstić information content (AvgIpc) is 2.74. The average molecular weight is 429 g/mol. The highest BCUT2D eigenvalue weighted by Gasteiger charge is 2.37. The number of aromatic nitrogens is 1. The Balaban J connectivity index is 1.62. The Morgan fingerprint density at radius 3 is 2.57 bits per heavy atom. The fourth-order valence-corrected chi connectivity index (χ4v) is 5.18. The Kier molecular flexibility index (Phi) is 5.85. The molecule has 2 aliphatic heterocycles. The molecule has 1 aromatic heterocycles. The first-order chi connectivity index (χ1) is 14.5. The monoisotopic (exact) mass is 428 g/mol. The molecule has 1 fully saturated rings. The number of thioether (sulfide) groups is 1. The Morgan fingerprint density at radius 1 is 1.10 bits per heavy atom. The summed E-state index contributed by atoms with van der Waals surface area (Å²) < 4.78 is 7.13. The van der Waals surface area contributed by atoms with Crippen LogP contribution in [0.4, 0.5) is 0 Å². The van der Waals surface area contributed by atoms with Crippen molar-refractivity contribution in [3.8, 4) is 16.9 Å². The van der Waals surface area contributed by atoms with E-state index in [0.29, 0.717) is 19.6 Å². The van der Waals surface area contributed by atoms with Crippen LogP contribution in [0.2, 0.25) is 0 Å². The molecule has 0 aliphatic carbocycles. The number of carboxylic acids is 1. The number of benzene rings is 1. The van der Waals surface area contributed by atoms with E-state index in [-0.39, 0.29) is 34.8 Å². The summed E-state index contributed by atoms with van der Waals surface area (Å²) in [5, 5.41) is 8.79. The van der Waals surface area contributed by atoms with Gasteiger partial charge >= 0.3 is 5.97 Å². The van der Waals surface area contributed by atoms with E-state index >= 15 is 0 Å². The van der Waals surface area contributed by atoms with Crippen LogP contribution >= 0.6 is 11.8 Å². The first-order valence-electron chi connectivity index (χ1n) is 9.91. The maximum absolute atomic E-state index is 12.6. The first kappa shape index (κ1) is 20.5. The Morgan fingerprint density at radius 2 is 1.87 bits per heavy atom. The predicted octanol–water partition coefficient (Wildman–Crippen LogP) is 2.29. The van der Waals surface area contributed by atoms with Crippen LogP contribution in [-0.4, -0.2) is 58.2 Å². The number of methoxy groups -OCH3 is 1. The number of carboxylic acid groups (broad SMARTS) is 1. The molecule has 2 atom stereocenters. The van der Waals surface area contributed by atoms with Crippen molar-refractivity contribution < 1.29 is 19.4 Å². The molecule has 0 radical (unpaired) electrons. The van der Waals surface area contributed by atoms with Gasteiger partial charge in [0.25, 0.3) is 5.56 Å². The number of aliphatic carboxylic acids is 1. The molecule has 1 N–H and O–H groups in total. The molecule has 1 saturated heterocycles. The molecule has 1 aromatic carbocycles. The number of hydrogen-bond acceptors (Lipinski definition) is 5. The number of amides is 1. The van der Waals surface area contributed by atoms with Crippen molar-refractivity contribution in [3.63, 3.8) is 0 Å². The molecule has 1 amide bonds. The number of piperidine rings is 1. The van der Waals surface area contributed by atoms with Gasteiger partial charge in [-0.05, 0) is 36.1 Å². The SMILES string of the molecule is COc1ccc(-c2ccc(=O)n3c2[C@H]2C[C@@H](CN(C(=O)CSCC(=O)O)C2)C3)cc1. The lowest BCUT2D eigenvalue weighted by molar-refractivity contribution is -0.133. The molecule has 7 nitrogen and oxygen atoms in total. The summed E-state index contributed by atoms with van der Waals surface area (Å²) in [6, 6.07) is 11.3. The summed E-state index contributed by atoms with van der Waals surface area (Å²) >= 11 is 1.12. The molecule has 2 bridgehead atoms. The number of carbonyl (C=O) groups is 2. The van der Waals surface area contributed by atoms with Gasteiger partial charge in [-0.15, -0.1) is 11.8 Å². The third-order valence-corrected chi connectivity index (χ3v) is 6.70. The number of hydrogen-bond donors (Lipinski definition) is 1. The highest BCUT2D eigenvalue weighted by molar-refractivity contribution is 8.00. The number of carbonyl (C=O) groups excluding carboxylic acids is 1. The van der Waals surface area contributed by atoms with E-state index in [9.17, 15) is 14.4 Å². The lowest BCUT2D eigenvalue weighted by atomic mass is 9.80. The zero-order valence-corrected chi connectivity index (χ0v) is 17.6. The molecule has 158 valence electrons. The molecule has 0 saturated carbocycles. The van der Waals surface area contributed by atoms with Crippen molar-refractivity contribution in [1.29, 1.82) is 0 Å². The van der Waals surface area contributed by atoms with Gasteiger partial charge in [0.1, 0.15) is 5.75 Å². The third kappa shape index (κ3) is 4.09. The van der Waals surface area contributed by atoms with E-state index in [1.165, 1.54) is 0 Å². The minimum Gasteiger partial charge on any atom is -0.497 e. The van der Waals surface area contributed by atoms with Gasteiger partial charge in [0.15, 0.2) is 0 Å². The Bertz CT molecular complexity index is 1020. The molecule has 30 heavy (non-hydrogen) atoms. The molecule has 0 unspecified atom stereocenters. The molecule has 2 aliphatic rings. The summed E-state index contributed by atoms with van der Waals surface area (Å²) in [6.07, 6.45) is 0.943. The highest BCUT2D eigenvalue weighted by Crippen LogP contribution is 2.40. The van der Waals surface area contributed by atoms with Gasteiger partial charge in [0, 0.05) is 42.9 Å². The van der Waals surface area contributed by atoms with Crippen molar-refractivity contribution in [2.75, 3.05) is 31.7 Å². The first-order valence-corrected chi connectivity index (χ1v) is 11.1. The van der Waals surface area contributed by atoms with Crippen molar-refractivity contribution >= 4 is 23.6 Å². The number of fused-ring (bicyclic) bond motifs is 4. The summed E-state index contributed by atoms with van der Waals surface area (Å²) in [4.78, 5) is 37.8. The second-order valence-electron chi connectivity index (χ2n) is 7.79. The van der Waals surface area contributed by atoms with Crippen LogP contribution in [0.1, 0.15) is 18.0 Å². The zero-order chi connectivity index (χ0) is 21.3. The standard InChI is InChI=1S/C22H24N2O5S/c1-29-17-4-2-15(3-5-17)18-6-7-19(25)24-10-14-8-16(22(18)24)11-23(9-14)20(26)12-30-13-21(27)28/h2-7,14,16H,8-13H2,1H3,(H,27,28)/t14-,16-/m0/s1. The lowest BCUT2D eigenvalue weighted by Gasteiger charge is -2.43. The van der Waals surface area contributed by atoms with Crippen LogP contribution in [0, 0.1) is 5.92 Å². The van der Waals surface area contributed by atoms with E-state index in [4.69, 9.17) is 9.84 Å². The van der Waals surface area contributed by atoms with Crippen molar-refractivity contribution in [3.05, 3.63) is 52.4 Å². The minimum absolute atomic E-state index is 0.00579. The number of ether oxygens (including phenoxy) is 1. The van der Waals surface area contributed by atoms with Gasteiger partial charge in [0.2, 0.25) is 5.91 Å². The Labute approximate surface area is 178 Å². The summed E-state index contributed by atoms with van der Waals surface area (Å²) in [6.45, 7) is 1.76. The number of likely N-dealkylation sites (tertiary alicyclic amines) is 1. The van der Waals surface area contributed by atoms with E-state index in [0.717, 1.165) is 40.8 Å². The van der Waals surface area contributed by atoms with Crippen LogP contribution in [0.3, 0.4) is 0 Å². The van der Waals surface area contributed by atoms with Gasteiger partial charge in [-0.3, -0.25) is 14.4 Å². The van der Waals surface area contributed by atoms with Gasteiger partial charge in [0.05, 0.1) is 18.6 Å². The number of nitrogens with zero attached hydrogens (tertiary/aromatic N) is 2. The normalized spacial score (nSPS) is 19.8. The van der Waals surface area contributed by atoms with Gasteiger partial charge < -0.3 is 19.3 Å². The summed E-state index contributed by atoms with van der Waals surface area (Å²) in [5.41, 5.74) is 3.00. The van der Waals surface area contributed by atoms with Crippen molar-refractivity contribution in [2.45, 2.75) is 18.9 Å². The van der Waals surface area contributed by atoms with E-state index in [1.54, 1.807) is 13.2 Å². The van der Waals surface area contributed by atoms with Crippen LogP contribution in [0.5, 0.6) is 5.75 Å². The van der Waals surface area contributed by atoms with Gasteiger partial charge in [-0.25, -0.2) is 0 Å². The quantitative estimate of drug-likeness (QED) is 0.760. The molecule has 8 heteroatoms. The van der Waals surface area contributed by atoms with E-state index in [1.807, 2.05) is 39.8 Å². The lowest BCUT2D eigenvalue weighted by Crippen LogP contribution is -2.49. The predicted molar refractivity (Wildman–Crippen MR) is 115 cm³/mol. The second-order valence-corrected chi connectivity index (χ2v) is 8.78. The van der Waals surface area contributed by atoms with Crippen LogP contribution in [0.25, 0.3) is 11.1 Å². The zero-order valence-electron chi connectivity index (χ0n) is 16.7. The van der Waals surface area contributed by atoms with Gasteiger partial charge in [-0.2, -0.15) is 0 Å². The van der Waals surface area contributed by atoms with E-state index < -0.39 is 5.97 Å². The van der Waals surface area contributed by atoms with E-state index in [2.05, 4.69) is 0 Å². The largest absolute Gasteiger partial charge is 0.497 e. The van der Waals surface area contributed by atoms with Crippen LogP contribution in [0.15, 0.2) is 41.2 Å². The maximum Gasteiger partial charge on any atom is 0.313 e. The fourth-order valence-electron chi connectivity index (χ4n) is 4.55. The van der Waals surface area contributed by atoms with Crippen molar-refractivity contribution in [2.24, 2.45) is 5.92 Å². The smallest absolute Gasteiger partial charge is 0.313 e. The maximum atomic E-state index is 12.6. The minimum atomic E-state index is -0.916. The third-order valence-electron chi connectivity index (χ3n) is 5.79. The van der Waals surface area contributed by atoms with Gasteiger partial charge in [-0.1, -0.05) is 12.1 Å². The van der Waals surface area contributed by atoms with Crippen LogP contribution < -0.4 is 10.3 Å². The molecule has 0 spiro atoms. The highest BCUT2D eigenvalue weighted by atomic mass is 32.2. The van der Waals surface area contributed by atoms with Crippen LogP contribution in [-0.2, 0) is 16.1 Å². The topological polar surface area (TPSA) is 88.8 Å². The second kappa shape index (κ2) is 8.55. The molecule has 3 heterocycles. The Hall–Kier alpha value is -2.74. The van der Waals surface area contributed by atoms with Crippen molar-refractivity contribution in [1.82, 2.24) is 9.47 Å². The summed E-state index contributed by atoms with van der Waals surface area (Å²) in [7, 11) is 1.63. The molecular weight excluding hydrogens is 404 g/mol. The molecule has 2 aromatic rings. The number of rotatable bonds is 6. The molecular formula is C22H24N2O5S. The molecule has 4 rings (SSSR count). The number of pyridine rings is 1. The fraction of sp³-hybridized carbons (Fsp3) is 0.409. The summed E-state index contributed by atoms with van der Waals surface area (Å²) in [5.74, 6) is 0.222.